The molecule has 3 aromatic rings. The fraction of sp³-hybridized carbons (Fsp3) is 0.263. The molecule has 0 fully saturated rings. The Bertz CT molecular complexity index is 922. The third-order valence-corrected chi connectivity index (χ3v) is 3.97. The molecule has 25 heavy (non-hydrogen) atoms. The van der Waals surface area contributed by atoms with Crippen LogP contribution in [0.5, 0.6) is 11.5 Å². The topological polar surface area (TPSA) is 67.5 Å². The van der Waals surface area contributed by atoms with Crippen LogP contribution >= 0.6 is 0 Å². The summed E-state index contributed by atoms with van der Waals surface area (Å²) in [5, 5.41) is 0.479. The first-order valence-corrected chi connectivity index (χ1v) is 7.98. The van der Waals surface area contributed by atoms with E-state index in [4.69, 9.17) is 9.47 Å². The molecule has 130 valence electrons. The summed E-state index contributed by atoms with van der Waals surface area (Å²) in [6.07, 6.45) is 0. The zero-order chi connectivity index (χ0) is 17.8. The van der Waals surface area contributed by atoms with E-state index in [9.17, 15) is 4.79 Å². The number of ether oxygens (including phenoxy) is 2. The quantitative estimate of drug-likeness (QED) is 0.748. The summed E-state index contributed by atoms with van der Waals surface area (Å²) in [5.74, 6) is 1.68. The molecule has 0 bridgehead atoms. The van der Waals surface area contributed by atoms with E-state index in [1.165, 1.54) is 12.7 Å². The fourth-order valence-corrected chi connectivity index (χ4v) is 2.80. The second kappa shape index (κ2) is 7.36. The van der Waals surface area contributed by atoms with E-state index in [0.717, 1.165) is 6.54 Å². The van der Waals surface area contributed by atoms with Gasteiger partial charge in [-0.1, -0.05) is 30.3 Å². The zero-order valence-electron chi connectivity index (χ0n) is 14.6. The number of hydrogen-bond donors (Lipinski definition) is 1. The molecule has 0 aliphatic carbocycles. The number of aromatic amines is 1. The second-order valence-electron chi connectivity index (χ2n) is 5.89. The van der Waals surface area contributed by atoms with Crippen LogP contribution in [0.4, 0.5) is 0 Å². The van der Waals surface area contributed by atoms with Crippen molar-refractivity contribution in [3.8, 4) is 11.5 Å². The van der Waals surface area contributed by atoms with Crippen LogP contribution in [-0.2, 0) is 13.1 Å². The summed E-state index contributed by atoms with van der Waals surface area (Å²) in [4.78, 5) is 21.9. The van der Waals surface area contributed by atoms with Gasteiger partial charge in [-0.15, -0.1) is 0 Å². The van der Waals surface area contributed by atoms with Gasteiger partial charge in [0.05, 0.1) is 31.7 Å². The number of benzene rings is 2. The molecule has 0 aliphatic heterocycles. The Morgan fingerprint density at radius 3 is 2.40 bits per heavy atom. The molecule has 0 aliphatic rings. The highest BCUT2D eigenvalue weighted by Crippen LogP contribution is 2.29. The maximum atomic E-state index is 12.4. The van der Waals surface area contributed by atoms with Crippen LogP contribution in [0.25, 0.3) is 10.9 Å². The number of hydrogen-bond acceptors (Lipinski definition) is 5. The van der Waals surface area contributed by atoms with E-state index in [-0.39, 0.29) is 5.56 Å². The Kier molecular flexibility index (Phi) is 5.00. The smallest absolute Gasteiger partial charge is 0.258 e. The number of methoxy groups -OCH3 is 2. The van der Waals surface area contributed by atoms with Gasteiger partial charge in [-0.3, -0.25) is 9.69 Å². The molecule has 0 spiro atoms. The highest BCUT2D eigenvalue weighted by Gasteiger charge is 2.12. The van der Waals surface area contributed by atoms with Gasteiger partial charge < -0.3 is 14.5 Å². The zero-order valence-corrected chi connectivity index (χ0v) is 14.6. The van der Waals surface area contributed by atoms with Crippen molar-refractivity contribution < 1.29 is 9.47 Å². The van der Waals surface area contributed by atoms with Gasteiger partial charge in [-0.2, -0.15) is 0 Å². The van der Waals surface area contributed by atoms with Gasteiger partial charge in [-0.05, 0) is 18.7 Å². The Morgan fingerprint density at radius 2 is 1.72 bits per heavy atom. The Hall–Kier alpha value is -2.86. The third kappa shape index (κ3) is 3.80. The Balaban J connectivity index is 1.88. The van der Waals surface area contributed by atoms with Crippen LogP contribution in [0, 0.1) is 0 Å². The van der Waals surface area contributed by atoms with Crippen molar-refractivity contribution in [2.24, 2.45) is 0 Å². The number of fused-ring (bicyclic) bond motifs is 1. The van der Waals surface area contributed by atoms with Crippen molar-refractivity contribution in [2.75, 3.05) is 21.3 Å². The molecule has 3 rings (SSSR count). The molecular formula is C19H21N3O3. The molecule has 0 saturated heterocycles. The van der Waals surface area contributed by atoms with Gasteiger partial charge in [0.1, 0.15) is 5.82 Å². The van der Waals surface area contributed by atoms with Crippen LogP contribution in [0.1, 0.15) is 11.4 Å². The number of rotatable bonds is 6. The second-order valence-corrected chi connectivity index (χ2v) is 5.89. The minimum absolute atomic E-state index is 0.186. The van der Waals surface area contributed by atoms with Crippen molar-refractivity contribution >= 4 is 10.9 Å². The van der Waals surface area contributed by atoms with E-state index in [1.807, 2.05) is 25.2 Å². The summed E-state index contributed by atoms with van der Waals surface area (Å²) in [7, 11) is 5.09. The molecule has 0 atom stereocenters. The Labute approximate surface area is 146 Å². The molecule has 1 aromatic heterocycles. The molecule has 2 aromatic carbocycles. The minimum atomic E-state index is -0.186. The lowest BCUT2D eigenvalue weighted by molar-refractivity contribution is 0.310. The molecule has 0 saturated carbocycles. The van der Waals surface area contributed by atoms with E-state index >= 15 is 0 Å². The van der Waals surface area contributed by atoms with Gasteiger partial charge in [0, 0.05) is 12.6 Å². The number of H-pyrrole nitrogens is 1. The van der Waals surface area contributed by atoms with Crippen LogP contribution < -0.4 is 15.0 Å². The van der Waals surface area contributed by atoms with Gasteiger partial charge >= 0.3 is 0 Å². The third-order valence-electron chi connectivity index (χ3n) is 3.97. The highest BCUT2D eigenvalue weighted by atomic mass is 16.5. The predicted molar refractivity (Wildman–Crippen MR) is 97.1 cm³/mol. The highest BCUT2D eigenvalue weighted by molar-refractivity contribution is 5.81. The van der Waals surface area contributed by atoms with Gasteiger partial charge in [0.25, 0.3) is 5.56 Å². The maximum absolute atomic E-state index is 12.4. The molecule has 0 amide bonds. The SMILES string of the molecule is COc1cc2nc(CN(C)Cc3ccccc3)[nH]c(=O)c2cc1OC. The summed E-state index contributed by atoms with van der Waals surface area (Å²) in [6, 6.07) is 13.5. The van der Waals surface area contributed by atoms with Crippen LogP contribution in [0.15, 0.2) is 47.3 Å². The number of aromatic nitrogens is 2. The summed E-state index contributed by atoms with van der Waals surface area (Å²) >= 11 is 0. The van der Waals surface area contributed by atoms with E-state index in [1.54, 1.807) is 19.2 Å². The van der Waals surface area contributed by atoms with Gasteiger partial charge in [-0.25, -0.2) is 4.98 Å². The summed E-state index contributed by atoms with van der Waals surface area (Å²) < 4.78 is 10.5. The first-order valence-electron chi connectivity index (χ1n) is 7.98. The van der Waals surface area contributed by atoms with Crippen molar-refractivity contribution in [2.45, 2.75) is 13.1 Å². The van der Waals surface area contributed by atoms with E-state index < -0.39 is 0 Å². The van der Waals surface area contributed by atoms with Crippen molar-refractivity contribution in [1.29, 1.82) is 0 Å². The Morgan fingerprint density at radius 1 is 1.04 bits per heavy atom. The fourth-order valence-electron chi connectivity index (χ4n) is 2.80. The molecule has 6 heteroatoms. The van der Waals surface area contributed by atoms with E-state index in [2.05, 4.69) is 27.0 Å². The van der Waals surface area contributed by atoms with Crippen molar-refractivity contribution in [1.82, 2.24) is 14.9 Å². The standard InChI is InChI=1S/C19H21N3O3/c1-22(11-13-7-5-4-6-8-13)12-18-20-15-10-17(25-3)16(24-2)9-14(15)19(23)21-18/h4-10H,11-12H2,1-3H3,(H,20,21,23). The minimum Gasteiger partial charge on any atom is -0.493 e. The van der Waals surface area contributed by atoms with Crippen molar-refractivity contribution in [3.05, 3.63) is 64.2 Å². The lowest BCUT2D eigenvalue weighted by atomic mass is 10.2. The van der Waals surface area contributed by atoms with Crippen LogP contribution in [0.2, 0.25) is 0 Å². The first kappa shape index (κ1) is 17.0. The lowest BCUT2D eigenvalue weighted by Crippen LogP contribution is -2.21. The predicted octanol–water partition coefficient (Wildman–Crippen LogP) is 2.57. The summed E-state index contributed by atoms with van der Waals surface area (Å²) in [6.45, 7) is 1.31. The normalized spacial score (nSPS) is 11.0. The van der Waals surface area contributed by atoms with Gasteiger partial charge in [0.2, 0.25) is 0 Å². The number of nitrogens with zero attached hydrogens (tertiary/aromatic N) is 2. The lowest BCUT2D eigenvalue weighted by Gasteiger charge is -2.16. The molecular weight excluding hydrogens is 318 g/mol. The largest absolute Gasteiger partial charge is 0.493 e. The van der Waals surface area contributed by atoms with Gasteiger partial charge in [0.15, 0.2) is 11.5 Å². The molecule has 0 radical (unpaired) electrons. The molecule has 1 N–H and O–H groups in total. The average Bonchev–Trinajstić information content (AvgIpc) is 2.61. The van der Waals surface area contributed by atoms with Crippen molar-refractivity contribution in [3.63, 3.8) is 0 Å². The number of nitrogens with one attached hydrogen (secondary N) is 1. The molecule has 1 heterocycles. The van der Waals surface area contributed by atoms with Crippen LogP contribution in [0.3, 0.4) is 0 Å². The summed E-state index contributed by atoms with van der Waals surface area (Å²) in [5.41, 5.74) is 1.61. The molecule has 6 nitrogen and oxygen atoms in total. The monoisotopic (exact) mass is 339 g/mol. The van der Waals surface area contributed by atoms with E-state index in [0.29, 0.717) is 34.8 Å². The molecule has 0 unspecified atom stereocenters. The first-order chi connectivity index (χ1) is 12.1. The maximum Gasteiger partial charge on any atom is 0.258 e. The average molecular weight is 339 g/mol. The van der Waals surface area contributed by atoms with Crippen LogP contribution in [-0.4, -0.2) is 36.1 Å².